The summed E-state index contributed by atoms with van der Waals surface area (Å²) in [6.45, 7) is 0. The van der Waals surface area contributed by atoms with E-state index in [0.717, 1.165) is 22.3 Å². The maximum absolute atomic E-state index is 9.14. The third kappa shape index (κ3) is 1.53. The number of hydrogen-bond donors (Lipinski definition) is 1. The topological polar surface area (TPSA) is 32.6 Å². The third-order valence-corrected chi connectivity index (χ3v) is 3.33. The molecule has 2 aromatic rings. The summed E-state index contributed by atoms with van der Waals surface area (Å²) in [5.41, 5.74) is 4.19. The van der Waals surface area contributed by atoms with Gasteiger partial charge in [0.15, 0.2) is 0 Å². The molecule has 0 atom stereocenters. The molecule has 0 bridgehead atoms. The first-order valence-corrected chi connectivity index (χ1v) is 5.78. The molecule has 0 aliphatic heterocycles. The van der Waals surface area contributed by atoms with Crippen LogP contribution in [-0.2, 0) is 0 Å². The standard InChI is InChI=1S/C13H7Cl2NO/c14-7-1-3-9-10-4-2-8(15)6-12(10)13(16-17)11(9)5-7/h1-6,17H. The lowest BCUT2D eigenvalue weighted by Crippen LogP contribution is -1.97. The minimum atomic E-state index is 0.514. The van der Waals surface area contributed by atoms with E-state index in [0.29, 0.717) is 15.8 Å². The van der Waals surface area contributed by atoms with Gasteiger partial charge in [0.2, 0.25) is 0 Å². The van der Waals surface area contributed by atoms with Crippen molar-refractivity contribution in [3.05, 3.63) is 57.6 Å². The molecule has 3 rings (SSSR count). The molecule has 0 heterocycles. The van der Waals surface area contributed by atoms with Crippen LogP contribution in [0.25, 0.3) is 11.1 Å². The average Bonchev–Trinajstić information content (AvgIpc) is 2.60. The summed E-state index contributed by atoms with van der Waals surface area (Å²) in [5.74, 6) is 0. The van der Waals surface area contributed by atoms with Gasteiger partial charge in [0.25, 0.3) is 0 Å². The molecule has 4 heteroatoms. The van der Waals surface area contributed by atoms with Crippen LogP contribution in [0.15, 0.2) is 41.6 Å². The van der Waals surface area contributed by atoms with Gasteiger partial charge < -0.3 is 5.21 Å². The quantitative estimate of drug-likeness (QED) is 0.479. The number of benzene rings is 2. The Morgan fingerprint density at radius 2 is 1.24 bits per heavy atom. The monoisotopic (exact) mass is 263 g/mol. The van der Waals surface area contributed by atoms with Crippen molar-refractivity contribution in [3.63, 3.8) is 0 Å². The van der Waals surface area contributed by atoms with Crippen LogP contribution in [0.5, 0.6) is 0 Å². The molecule has 2 aromatic carbocycles. The van der Waals surface area contributed by atoms with Crippen LogP contribution in [0.2, 0.25) is 10.0 Å². The number of nitrogens with zero attached hydrogens (tertiary/aromatic N) is 1. The molecule has 0 aromatic heterocycles. The van der Waals surface area contributed by atoms with Gasteiger partial charge in [-0.2, -0.15) is 0 Å². The van der Waals surface area contributed by atoms with Crippen molar-refractivity contribution in [2.45, 2.75) is 0 Å². The molecule has 0 saturated carbocycles. The van der Waals surface area contributed by atoms with Crippen LogP contribution < -0.4 is 0 Å². The summed E-state index contributed by atoms with van der Waals surface area (Å²) in [5, 5.41) is 13.7. The van der Waals surface area contributed by atoms with Crippen molar-refractivity contribution in [2.24, 2.45) is 5.16 Å². The largest absolute Gasteiger partial charge is 0.410 e. The summed E-state index contributed by atoms with van der Waals surface area (Å²) in [6, 6.07) is 11.1. The van der Waals surface area contributed by atoms with E-state index < -0.39 is 0 Å². The van der Waals surface area contributed by atoms with Gasteiger partial charge >= 0.3 is 0 Å². The van der Waals surface area contributed by atoms with E-state index in [1.807, 2.05) is 24.3 Å². The van der Waals surface area contributed by atoms with E-state index in [1.54, 1.807) is 12.1 Å². The Bertz CT molecular complexity index is 596. The average molecular weight is 264 g/mol. The van der Waals surface area contributed by atoms with Crippen molar-refractivity contribution in [3.8, 4) is 11.1 Å². The first kappa shape index (κ1) is 10.6. The molecule has 84 valence electrons. The second kappa shape index (κ2) is 3.76. The highest BCUT2D eigenvalue weighted by Crippen LogP contribution is 2.39. The molecule has 0 saturated heterocycles. The van der Waals surface area contributed by atoms with Gasteiger partial charge in [-0.15, -0.1) is 0 Å². The minimum Gasteiger partial charge on any atom is -0.410 e. The van der Waals surface area contributed by atoms with Gasteiger partial charge in [0.1, 0.15) is 5.71 Å². The predicted molar refractivity (Wildman–Crippen MR) is 69.3 cm³/mol. The van der Waals surface area contributed by atoms with Crippen molar-refractivity contribution < 1.29 is 5.21 Å². The smallest absolute Gasteiger partial charge is 0.118 e. The minimum absolute atomic E-state index is 0.514. The second-order valence-electron chi connectivity index (χ2n) is 3.83. The van der Waals surface area contributed by atoms with Gasteiger partial charge in [-0.05, 0) is 35.4 Å². The zero-order valence-electron chi connectivity index (χ0n) is 8.61. The maximum Gasteiger partial charge on any atom is 0.118 e. The fourth-order valence-electron chi connectivity index (χ4n) is 2.15. The Balaban J connectivity index is 2.37. The number of rotatable bonds is 0. The van der Waals surface area contributed by atoms with E-state index in [9.17, 15) is 0 Å². The first-order chi connectivity index (χ1) is 8.20. The summed E-state index contributed by atoms with van der Waals surface area (Å²) in [7, 11) is 0. The van der Waals surface area contributed by atoms with Crippen molar-refractivity contribution >= 4 is 28.9 Å². The predicted octanol–water partition coefficient (Wildman–Crippen LogP) is 4.20. The van der Waals surface area contributed by atoms with Crippen molar-refractivity contribution in [2.75, 3.05) is 0 Å². The van der Waals surface area contributed by atoms with E-state index in [-0.39, 0.29) is 0 Å². The number of halogens is 2. The van der Waals surface area contributed by atoms with Crippen LogP contribution >= 0.6 is 23.2 Å². The molecule has 0 radical (unpaired) electrons. The molecule has 17 heavy (non-hydrogen) atoms. The van der Waals surface area contributed by atoms with Gasteiger partial charge in [0.05, 0.1) is 0 Å². The molecular formula is C13H7Cl2NO. The van der Waals surface area contributed by atoms with E-state index in [1.165, 1.54) is 0 Å². The number of fused-ring (bicyclic) bond motifs is 3. The molecule has 0 fully saturated rings. The lowest BCUT2D eigenvalue weighted by Gasteiger charge is -1.99. The van der Waals surface area contributed by atoms with Gasteiger partial charge in [0, 0.05) is 21.2 Å². The molecule has 0 spiro atoms. The van der Waals surface area contributed by atoms with Crippen LogP contribution in [0.4, 0.5) is 0 Å². The molecule has 1 aliphatic carbocycles. The van der Waals surface area contributed by atoms with Gasteiger partial charge in [-0.1, -0.05) is 40.5 Å². The number of hydrogen-bond acceptors (Lipinski definition) is 2. The van der Waals surface area contributed by atoms with Crippen LogP contribution in [0.1, 0.15) is 11.1 Å². The fourth-order valence-corrected chi connectivity index (χ4v) is 2.49. The number of oxime groups is 1. The molecule has 0 amide bonds. The summed E-state index contributed by atoms with van der Waals surface area (Å²) in [4.78, 5) is 0. The zero-order valence-corrected chi connectivity index (χ0v) is 10.1. The Kier molecular flexibility index (Phi) is 2.35. The van der Waals surface area contributed by atoms with Crippen LogP contribution in [0, 0.1) is 0 Å². The highest BCUT2D eigenvalue weighted by molar-refractivity contribution is 6.34. The van der Waals surface area contributed by atoms with Gasteiger partial charge in [-0.3, -0.25) is 0 Å². The van der Waals surface area contributed by atoms with Crippen LogP contribution in [0.3, 0.4) is 0 Å². The highest BCUT2D eigenvalue weighted by Gasteiger charge is 2.25. The van der Waals surface area contributed by atoms with E-state index in [2.05, 4.69) is 5.16 Å². The maximum atomic E-state index is 9.14. The van der Waals surface area contributed by atoms with Gasteiger partial charge in [-0.25, -0.2) is 0 Å². The van der Waals surface area contributed by atoms with Crippen molar-refractivity contribution in [1.29, 1.82) is 0 Å². The Morgan fingerprint density at radius 3 is 1.65 bits per heavy atom. The SMILES string of the molecule is ON=C1c2cc(Cl)ccc2-c2ccc(Cl)cc21. The lowest BCUT2D eigenvalue weighted by atomic mass is 10.1. The molecule has 1 aliphatic rings. The Labute approximate surface area is 108 Å². The Hall–Kier alpha value is -1.51. The lowest BCUT2D eigenvalue weighted by molar-refractivity contribution is 0.320. The normalized spacial score (nSPS) is 12.2. The molecule has 1 N–H and O–H groups in total. The third-order valence-electron chi connectivity index (χ3n) is 2.86. The van der Waals surface area contributed by atoms with Crippen LogP contribution in [-0.4, -0.2) is 10.9 Å². The van der Waals surface area contributed by atoms with Crippen molar-refractivity contribution in [1.82, 2.24) is 0 Å². The molecule has 2 nitrogen and oxygen atoms in total. The molecule has 0 unspecified atom stereocenters. The highest BCUT2D eigenvalue weighted by atomic mass is 35.5. The summed E-state index contributed by atoms with van der Waals surface area (Å²) >= 11 is 11.9. The van der Waals surface area contributed by atoms with E-state index in [4.69, 9.17) is 28.4 Å². The molecular weight excluding hydrogens is 257 g/mol. The van der Waals surface area contributed by atoms with E-state index >= 15 is 0 Å². The zero-order chi connectivity index (χ0) is 12.0. The summed E-state index contributed by atoms with van der Waals surface area (Å²) in [6.07, 6.45) is 0. The first-order valence-electron chi connectivity index (χ1n) is 5.03. The summed E-state index contributed by atoms with van der Waals surface area (Å²) < 4.78 is 0. The second-order valence-corrected chi connectivity index (χ2v) is 4.70. The fraction of sp³-hybridized carbons (Fsp3) is 0. The Morgan fingerprint density at radius 1 is 0.765 bits per heavy atom.